The van der Waals surface area contributed by atoms with E-state index in [1.807, 2.05) is 0 Å². The van der Waals surface area contributed by atoms with E-state index in [1.54, 1.807) is 6.92 Å². The van der Waals surface area contributed by atoms with Crippen molar-refractivity contribution in [3.05, 3.63) is 34.9 Å². The lowest BCUT2D eigenvalue weighted by Gasteiger charge is -2.59. The van der Waals surface area contributed by atoms with Crippen molar-refractivity contribution in [2.24, 2.45) is 29.1 Å². The zero-order valence-corrected chi connectivity index (χ0v) is 15.9. The number of fused-ring (bicyclic) bond motifs is 3. The highest BCUT2D eigenvalue weighted by Crippen LogP contribution is 2.64. The van der Waals surface area contributed by atoms with Gasteiger partial charge < -0.3 is 14.9 Å². The van der Waals surface area contributed by atoms with E-state index < -0.39 is 5.97 Å². The van der Waals surface area contributed by atoms with Gasteiger partial charge in [0, 0.05) is 12.0 Å². The second-order valence-electron chi connectivity index (χ2n) is 8.92. The quantitative estimate of drug-likeness (QED) is 0.625. The minimum absolute atomic E-state index is 0.0165. The summed E-state index contributed by atoms with van der Waals surface area (Å²) < 4.78 is 5.74. The van der Waals surface area contributed by atoms with Crippen LogP contribution in [0.5, 0.6) is 11.5 Å². The fourth-order valence-electron chi connectivity index (χ4n) is 5.98. The predicted octanol–water partition coefficient (Wildman–Crippen LogP) is 3.76. The van der Waals surface area contributed by atoms with Crippen LogP contribution in [0.1, 0.15) is 49.0 Å². The van der Waals surface area contributed by atoms with Crippen LogP contribution in [0, 0.1) is 36.0 Å². The lowest BCUT2D eigenvalue weighted by atomic mass is 9.47. The Labute approximate surface area is 159 Å². The molecule has 5 heteroatoms. The van der Waals surface area contributed by atoms with Crippen molar-refractivity contribution in [2.45, 2.75) is 46.1 Å². The van der Waals surface area contributed by atoms with E-state index >= 15 is 0 Å². The van der Waals surface area contributed by atoms with Gasteiger partial charge in [0.15, 0.2) is 0 Å². The highest BCUT2D eigenvalue weighted by Gasteiger charge is 2.62. The summed E-state index contributed by atoms with van der Waals surface area (Å²) in [7, 11) is 0. The Morgan fingerprint density at radius 3 is 2.70 bits per heavy atom. The van der Waals surface area contributed by atoms with E-state index in [-0.39, 0.29) is 34.5 Å². The Balaban J connectivity index is 1.58. The van der Waals surface area contributed by atoms with Gasteiger partial charge in [0.2, 0.25) is 0 Å². The summed E-state index contributed by atoms with van der Waals surface area (Å²) in [6, 6.07) is 2.55. The number of phenolic OH excluding ortho intramolecular Hbond substituents is 2. The number of aryl methyl sites for hydroxylation is 1. The largest absolute Gasteiger partial charge is 0.508 e. The molecule has 6 atom stereocenters. The average Bonchev–Trinajstić information content (AvgIpc) is 2.93. The standard InChI is InChI=1S/C22H26O5/c1-11-4-13-7-14(10-23)20-18(9-22(20,3)16(13)5-11)27-21(26)19-12(2)6-15(24)8-17(19)25/h6-8,10-11,13,16,18,20,24-25H,4-5,9H2,1-3H3. The van der Waals surface area contributed by atoms with Crippen LogP contribution in [0.15, 0.2) is 23.8 Å². The molecule has 0 aromatic heterocycles. The molecule has 0 aliphatic heterocycles. The number of rotatable bonds is 3. The van der Waals surface area contributed by atoms with Crippen molar-refractivity contribution in [3.8, 4) is 11.5 Å². The molecule has 1 aromatic rings. The Morgan fingerprint density at radius 2 is 2.04 bits per heavy atom. The fourth-order valence-corrected chi connectivity index (χ4v) is 5.98. The summed E-state index contributed by atoms with van der Waals surface area (Å²) >= 11 is 0. The molecule has 2 fully saturated rings. The molecule has 5 nitrogen and oxygen atoms in total. The highest BCUT2D eigenvalue weighted by atomic mass is 16.5. The van der Waals surface area contributed by atoms with Crippen LogP contribution in [0.4, 0.5) is 0 Å². The number of carbonyl (C=O) groups excluding carboxylic acids is 2. The number of allylic oxidation sites excluding steroid dienone is 1. The number of benzene rings is 1. The van der Waals surface area contributed by atoms with Gasteiger partial charge in [-0.3, -0.25) is 4.79 Å². The Kier molecular flexibility index (Phi) is 4.09. The van der Waals surface area contributed by atoms with Gasteiger partial charge >= 0.3 is 5.97 Å². The smallest absolute Gasteiger partial charge is 0.342 e. The monoisotopic (exact) mass is 370 g/mol. The number of hydrogen-bond donors (Lipinski definition) is 2. The molecule has 2 saturated carbocycles. The van der Waals surface area contributed by atoms with Crippen LogP contribution in [0.2, 0.25) is 0 Å². The molecule has 27 heavy (non-hydrogen) atoms. The van der Waals surface area contributed by atoms with E-state index in [0.29, 0.717) is 23.3 Å². The van der Waals surface area contributed by atoms with Crippen molar-refractivity contribution in [2.75, 3.05) is 0 Å². The summed E-state index contributed by atoms with van der Waals surface area (Å²) in [6.07, 6.45) is 5.68. The first-order valence-electron chi connectivity index (χ1n) is 9.65. The Morgan fingerprint density at radius 1 is 1.30 bits per heavy atom. The van der Waals surface area contributed by atoms with Gasteiger partial charge in [0.25, 0.3) is 0 Å². The first-order valence-corrected chi connectivity index (χ1v) is 9.65. The maximum Gasteiger partial charge on any atom is 0.342 e. The van der Waals surface area contributed by atoms with E-state index in [2.05, 4.69) is 19.9 Å². The normalized spacial score (nSPS) is 36.9. The summed E-state index contributed by atoms with van der Waals surface area (Å²) in [6.45, 7) is 6.12. The topological polar surface area (TPSA) is 83.8 Å². The third-order valence-electron chi connectivity index (χ3n) is 7.08. The molecule has 0 saturated heterocycles. The third-order valence-corrected chi connectivity index (χ3v) is 7.08. The number of ether oxygens (including phenoxy) is 1. The van der Waals surface area contributed by atoms with Gasteiger partial charge in [-0.25, -0.2) is 4.79 Å². The molecule has 0 spiro atoms. The van der Waals surface area contributed by atoms with Gasteiger partial charge in [-0.05, 0) is 66.6 Å². The molecule has 3 aliphatic carbocycles. The maximum atomic E-state index is 12.7. The van der Waals surface area contributed by atoms with Crippen LogP contribution in [-0.4, -0.2) is 28.6 Å². The minimum atomic E-state index is -0.607. The maximum absolute atomic E-state index is 12.7. The molecule has 3 aliphatic rings. The van der Waals surface area contributed by atoms with Gasteiger partial charge in [-0.2, -0.15) is 0 Å². The number of aromatic hydroxyl groups is 2. The summed E-state index contributed by atoms with van der Waals surface area (Å²) in [5.41, 5.74) is 1.26. The van der Waals surface area contributed by atoms with E-state index in [1.165, 1.54) is 6.07 Å². The van der Waals surface area contributed by atoms with Crippen LogP contribution in [-0.2, 0) is 9.53 Å². The van der Waals surface area contributed by atoms with Crippen molar-refractivity contribution in [3.63, 3.8) is 0 Å². The third kappa shape index (κ3) is 2.67. The van der Waals surface area contributed by atoms with Gasteiger partial charge in [0.05, 0.1) is 0 Å². The number of phenols is 2. The van der Waals surface area contributed by atoms with Crippen molar-refractivity contribution < 1.29 is 24.5 Å². The zero-order valence-electron chi connectivity index (χ0n) is 15.9. The van der Waals surface area contributed by atoms with E-state index in [9.17, 15) is 19.8 Å². The van der Waals surface area contributed by atoms with Crippen LogP contribution >= 0.6 is 0 Å². The summed E-state index contributed by atoms with van der Waals surface area (Å²) in [5, 5.41) is 19.6. The van der Waals surface area contributed by atoms with Crippen molar-refractivity contribution >= 4 is 12.3 Å². The first kappa shape index (κ1) is 18.1. The predicted molar refractivity (Wildman–Crippen MR) is 99.5 cm³/mol. The number of aldehydes is 1. The average molecular weight is 370 g/mol. The van der Waals surface area contributed by atoms with Crippen LogP contribution in [0.3, 0.4) is 0 Å². The van der Waals surface area contributed by atoms with Crippen LogP contribution in [0.25, 0.3) is 0 Å². The van der Waals surface area contributed by atoms with Crippen molar-refractivity contribution in [1.29, 1.82) is 0 Å². The molecule has 0 bridgehead atoms. The molecular formula is C22H26O5. The molecule has 144 valence electrons. The fraction of sp³-hybridized carbons (Fsp3) is 0.545. The lowest BCUT2D eigenvalue weighted by molar-refractivity contribution is -0.136. The molecule has 4 rings (SSSR count). The zero-order chi connectivity index (χ0) is 19.5. The Hall–Kier alpha value is -2.30. The second kappa shape index (κ2) is 6.11. The first-order chi connectivity index (χ1) is 12.7. The number of esters is 1. The lowest BCUT2D eigenvalue weighted by Crippen LogP contribution is -2.58. The molecule has 2 N–H and O–H groups in total. The van der Waals surface area contributed by atoms with E-state index in [0.717, 1.165) is 37.2 Å². The SMILES string of the molecule is Cc1cc(O)cc(O)c1C(=O)OC1CC2(C)C3CC(C)CC3C=C(C=O)C12. The molecule has 0 radical (unpaired) electrons. The summed E-state index contributed by atoms with van der Waals surface area (Å²) in [5.74, 6) is 0.547. The molecule has 0 amide bonds. The van der Waals surface area contributed by atoms with Crippen molar-refractivity contribution in [1.82, 2.24) is 0 Å². The molecule has 0 heterocycles. The van der Waals surface area contributed by atoms with Gasteiger partial charge in [0.1, 0.15) is 29.5 Å². The molecule has 1 aromatic carbocycles. The minimum Gasteiger partial charge on any atom is -0.508 e. The van der Waals surface area contributed by atoms with Gasteiger partial charge in [-0.15, -0.1) is 0 Å². The van der Waals surface area contributed by atoms with Crippen LogP contribution < -0.4 is 0 Å². The second-order valence-corrected chi connectivity index (χ2v) is 8.92. The molecule has 6 unspecified atom stereocenters. The highest BCUT2D eigenvalue weighted by molar-refractivity contribution is 5.94. The number of hydrogen-bond acceptors (Lipinski definition) is 5. The number of carbonyl (C=O) groups is 2. The summed E-state index contributed by atoms with van der Waals surface area (Å²) in [4.78, 5) is 24.4. The molecular weight excluding hydrogens is 344 g/mol. The Bertz CT molecular complexity index is 818. The van der Waals surface area contributed by atoms with Gasteiger partial charge in [-0.1, -0.05) is 19.9 Å². The van der Waals surface area contributed by atoms with E-state index in [4.69, 9.17) is 4.74 Å².